The highest BCUT2D eigenvalue weighted by molar-refractivity contribution is 14.0. The predicted molar refractivity (Wildman–Crippen MR) is 121 cm³/mol. The van der Waals surface area contributed by atoms with Gasteiger partial charge in [0.1, 0.15) is 5.75 Å². The van der Waals surface area contributed by atoms with Crippen molar-refractivity contribution in [3.63, 3.8) is 0 Å². The normalized spacial score (nSPS) is 11.0. The fourth-order valence-electron chi connectivity index (χ4n) is 2.48. The highest BCUT2D eigenvalue weighted by Crippen LogP contribution is 2.20. The maximum absolute atomic E-state index is 12.5. The first-order chi connectivity index (χ1) is 13.0. The largest absolute Gasteiger partial charge is 0.434 e. The number of alkyl halides is 2. The number of ether oxygens (including phenoxy) is 1. The van der Waals surface area contributed by atoms with Gasteiger partial charge in [-0.3, -0.25) is 0 Å². The number of halogens is 3. The zero-order valence-corrected chi connectivity index (χ0v) is 18.6. The standard InChI is InChI=1S/C20H26F2N4O.HI/c1-4-23-20(24-13-15-8-7-10-17(12-15)26(2)3)25-14-16-9-5-6-11-18(16)27-19(21)22;/h5-12,19H,4,13-14H2,1-3H3,(H2,23,24,25);1H. The van der Waals surface area contributed by atoms with Gasteiger partial charge in [-0.15, -0.1) is 24.0 Å². The third-order valence-corrected chi connectivity index (χ3v) is 3.83. The van der Waals surface area contributed by atoms with Crippen molar-refractivity contribution in [2.45, 2.75) is 26.6 Å². The molecule has 0 aliphatic heterocycles. The molecular formula is C20H27F2IN4O. The average Bonchev–Trinajstić information content (AvgIpc) is 2.65. The molecule has 5 nitrogen and oxygen atoms in total. The molecule has 0 fully saturated rings. The Balaban J connectivity index is 0.00000392. The molecular weight excluding hydrogens is 477 g/mol. The van der Waals surface area contributed by atoms with Crippen LogP contribution in [0.4, 0.5) is 14.5 Å². The molecule has 0 heterocycles. The van der Waals surface area contributed by atoms with Crippen LogP contribution in [0.15, 0.2) is 53.5 Å². The van der Waals surface area contributed by atoms with E-state index >= 15 is 0 Å². The number of para-hydroxylation sites is 1. The summed E-state index contributed by atoms with van der Waals surface area (Å²) in [6, 6.07) is 14.9. The summed E-state index contributed by atoms with van der Waals surface area (Å²) in [4.78, 5) is 6.62. The van der Waals surface area contributed by atoms with Crippen molar-refractivity contribution in [3.8, 4) is 5.75 Å². The van der Waals surface area contributed by atoms with Gasteiger partial charge in [0.2, 0.25) is 0 Å². The number of benzene rings is 2. The molecule has 0 saturated heterocycles. The molecule has 0 spiro atoms. The van der Waals surface area contributed by atoms with Crippen molar-refractivity contribution in [2.75, 3.05) is 25.5 Å². The van der Waals surface area contributed by atoms with Gasteiger partial charge in [-0.25, -0.2) is 4.99 Å². The Kier molecular flexibility index (Phi) is 10.6. The summed E-state index contributed by atoms with van der Waals surface area (Å²) in [5.41, 5.74) is 2.83. The summed E-state index contributed by atoms with van der Waals surface area (Å²) in [5, 5.41) is 6.32. The highest BCUT2D eigenvalue weighted by Gasteiger charge is 2.09. The minimum Gasteiger partial charge on any atom is -0.434 e. The molecule has 2 aromatic rings. The molecule has 0 amide bonds. The summed E-state index contributed by atoms with van der Waals surface area (Å²) in [6.45, 7) is 0.645. The average molecular weight is 504 g/mol. The molecule has 154 valence electrons. The van der Waals surface area contributed by atoms with Crippen LogP contribution in [0.25, 0.3) is 0 Å². The fraction of sp³-hybridized carbons (Fsp3) is 0.350. The van der Waals surface area contributed by atoms with Crippen molar-refractivity contribution >= 4 is 35.6 Å². The minimum absolute atomic E-state index is 0. The monoisotopic (exact) mass is 504 g/mol. The van der Waals surface area contributed by atoms with Gasteiger partial charge in [0.15, 0.2) is 5.96 Å². The number of anilines is 1. The van der Waals surface area contributed by atoms with E-state index in [1.807, 2.05) is 44.1 Å². The third kappa shape index (κ3) is 7.87. The number of nitrogens with zero attached hydrogens (tertiary/aromatic N) is 2. The van der Waals surface area contributed by atoms with Gasteiger partial charge in [-0.05, 0) is 30.7 Å². The Morgan fingerprint density at radius 3 is 2.54 bits per heavy atom. The molecule has 0 bridgehead atoms. The number of hydrogen-bond acceptors (Lipinski definition) is 3. The third-order valence-electron chi connectivity index (χ3n) is 3.83. The SMILES string of the molecule is CCNC(=NCc1cccc(N(C)C)c1)NCc1ccccc1OC(F)F.I. The quantitative estimate of drug-likeness (QED) is 0.321. The molecule has 0 aromatic heterocycles. The molecule has 0 unspecified atom stereocenters. The maximum Gasteiger partial charge on any atom is 0.387 e. The van der Waals surface area contributed by atoms with E-state index in [1.165, 1.54) is 6.07 Å². The van der Waals surface area contributed by atoms with E-state index in [1.54, 1.807) is 18.2 Å². The molecule has 8 heteroatoms. The first kappa shape index (κ1) is 23.9. The summed E-state index contributed by atoms with van der Waals surface area (Å²) < 4.78 is 29.6. The van der Waals surface area contributed by atoms with E-state index in [-0.39, 0.29) is 29.7 Å². The zero-order chi connectivity index (χ0) is 19.6. The molecule has 0 aliphatic rings. The van der Waals surface area contributed by atoms with Crippen LogP contribution in [0.2, 0.25) is 0 Å². The van der Waals surface area contributed by atoms with Gasteiger partial charge in [-0.2, -0.15) is 8.78 Å². The first-order valence-corrected chi connectivity index (χ1v) is 8.80. The van der Waals surface area contributed by atoms with Crippen molar-refractivity contribution in [1.29, 1.82) is 0 Å². The van der Waals surface area contributed by atoms with Crippen LogP contribution >= 0.6 is 24.0 Å². The van der Waals surface area contributed by atoms with Crippen LogP contribution in [-0.2, 0) is 13.1 Å². The first-order valence-electron chi connectivity index (χ1n) is 8.80. The molecule has 0 radical (unpaired) electrons. The van der Waals surface area contributed by atoms with Gasteiger partial charge >= 0.3 is 6.61 Å². The van der Waals surface area contributed by atoms with Crippen LogP contribution in [-0.4, -0.2) is 33.2 Å². The number of rotatable bonds is 8. The Labute approximate surface area is 182 Å². The van der Waals surface area contributed by atoms with Crippen LogP contribution in [0.5, 0.6) is 5.75 Å². The molecule has 0 saturated carbocycles. The van der Waals surface area contributed by atoms with E-state index in [9.17, 15) is 8.78 Å². The van der Waals surface area contributed by atoms with E-state index in [4.69, 9.17) is 0 Å². The Bertz CT molecular complexity index is 756. The van der Waals surface area contributed by atoms with E-state index in [0.717, 1.165) is 11.3 Å². The van der Waals surface area contributed by atoms with Crippen molar-refractivity contribution in [3.05, 3.63) is 59.7 Å². The molecule has 28 heavy (non-hydrogen) atoms. The van der Waals surface area contributed by atoms with Crippen LogP contribution in [0.3, 0.4) is 0 Å². The van der Waals surface area contributed by atoms with Gasteiger partial charge in [0, 0.05) is 38.4 Å². The second kappa shape index (κ2) is 12.4. The minimum atomic E-state index is -2.85. The number of hydrogen-bond donors (Lipinski definition) is 2. The maximum atomic E-state index is 12.5. The van der Waals surface area contributed by atoms with E-state index < -0.39 is 6.61 Å². The lowest BCUT2D eigenvalue weighted by Gasteiger charge is -2.15. The fourth-order valence-corrected chi connectivity index (χ4v) is 2.48. The van der Waals surface area contributed by atoms with Crippen LogP contribution in [0, 0.1) is 0 Å². The van der Waals surface area contributed by atoms with Crippen molar-refractivity contribution in [1.82, 2.24) is 10.6 Å². The Morgan fingerprint density at radius 1 is 1.11 bits per heavy atom. The summed E-state index contributed by atoms with van der Waals surface area (Å²) in [7, 11) is 3.99. The van der Waals surface area contributed by atoms with Crippen LogP contribution in [0.1, 0.15) is 18.1 Å². The highest BCUT2D eigenvalue weighted by atomic mass is 127. The zero-order valence-electron chi connectivity index (χ0n) is 16.3. The topological polar surface area (TPSA) is 48.9 Å². The second-order valence-corrected chi connectivity index (χ2v) is 6.10. The lowest BCUT2D eigenvalue weighted by Crippen LogP contribution is -2.36. The summed E-state index contributed by atoms with van der Waals surface area (Å²) in [5.74, 6) is 0.772. The van der Waals surface area contributed by atoms with Gasteiger partial charge in [-0.1, -0.05) is 30.3 Å². The summed E-state index contributed by atoms with van der Waals surface area (Å²) in [6.07, 6.45) is 0. The van der Waals surface area contributed by atoms with Gasteiger partial charge in [0.25, 0.3) is 0 Å². The molecule has 2 rings (SSSR count). The van der Waals surface area contributed by atoms with Crippen molar-refractivity contribution in [2.24, 2.45) is 4.99 Å². The summed E-state index contributed by atoms with van der Waals surface area (Å²) >= 11 is 0. The Hall–Kier alpha value is -2.10. The van der Waals surface area contributed by atoms with Crippen molar-refractivity contribution < 1.29 is 13.5 Å². The number of guanidine groups is 1. The lowest BCUT2D eigenvalue weighted by molar-refractivity contribution is -0.0504. The van der Waals surface area contributed by atoms with Gasteiger partial charge < -0.3 is 20.3 Å². The van der Waals surface area contributed by atoms with E-state index in [0.29, 0.717) is 31.2 Å². The van der Waals surface area contributed by atoms with E-state index in [2.05, 4.69) is 26.4 Å². The smallest absolute Gasteiger partial charge is 0.387 e. The molecule has 0 atom stereocenters. The molecule has 0 aliphatic carbocycles. The number of nitrogens with one attached hydrogen (secondary N) is 2. The predicted octanol–water partition coefficient (Wildman–Crippen LogP) is 4.23. The molecule has 2 aromatic carbocycles. The Morgan fingerprint density at radius 2 is 1.86 bits per heavy atom. The van der Waals surface area contributed by atoms with Gasteiger partial charge in [0.05, 0.1) is 6.54 Å². The second-order valence-electron chi connectivity index (χ2n) is 6.10. The molecule has 2 N–H and O–H groups in total. The number of aliphatic imine (C=N–C) groups is 1. The lowest BCUT2D eigenvalue weighted by atomic mass is 10.2. The van der Waals surface area contributed by atoms with Crippen LogP contribution < -0.4 is 20.3 Å².